The summed E-state index contributed by atoms with van der Waals surface area (Å²) >= 11 is 7.35. The molecule has 0 fully saturated rings. The Hall–Kier alpha value is -1.11. The summed E-state index contributed by atoms with van der Waals surface area (Å²) in [5, 5.41) is 1.54. The fourth-order valence-corrected chi connectivity index (χ4v) is 1.87. The monoisotopic (exact) mass is 222 g/mol. The predicted octanol–water partition coefficient (Wildman–Crippen LogP) is 2.94. The van der Waals surface area contributed by atoms with Crippen LogP contribution in [-0.2, 0) is 0 Å². The fraction of sp³-hybridized carbons (Fsp3) is 0.100. The second kappa shape index (κ2) is 3.95. The molecule has 1 aromatic carbocycles. The van der Waals surface area contributed by atoms with Gasteiger partial charge in [0.15, 0.2) is 5.16 Å². The van der Waals surface area contributed by atoms with E-state index in [1.807, 2.05) is 18.2 Å². The van der Waals surface area contributed by atoms with Gasteiger partial charge in [-0.2, -0.15) is 0 Å². The largest absolute Gasteiger partial charge is 0.333 e. The summed E-state index contributed by atoms with van der Waals surface area (Å²) in [6, 6.07) is 5.55. The van der Waals surface area contributed by atoms with E-state index in [9.17, 15) is 0 Å². The summed E-state index contributed by atoms with van der Waals surface area (Å²) in [4.78, 5) is 7.49. The molecule has 0 aliphatic rings. The van der Waals surface area contributed by atoms with Crippen molar-refractivity contribution in [2.45, 2.75) is 5.16 Å². The number of imidazole rings is 1. The third-order valence-electron chi connectivity index (χ3n) is 1.71. The van der Waals surface area contributed by atoms with E-state index in [1.165, 1.54) is 11.8 Å². The Labute approximate surface area is 91.1 Å². The van der Waals surface area contributed by atoms with Gasteiger partial charge in [0.2, 0.25) is 0 Å². The van der Waals surface area contributed by atoms with E-state index in [0.29, 0.717) is 10.8 Å². The topological polar surface area (TPSA) is 28.7 Å². The van der Waals surface area contributed by atoms with Crippen LogP contribution in [0.2, 0.25) is 5.02 Å². The van der Waals surface area contributed by atoms with Crippen LogP contribution < -0.4 is 0 Å². The van der Waals surface area contributed by atoms with E-state index in [4.69, 9.17) is 18.0 Å². The lowest BCUT2D eigenvalue weighted by molar-refractivity contribution is 1.08. The highest BCUT2D eigenvalue weighted by Crippen LogP contribution is 2.21. The molecule has 0 atom stereocenters. The molecule has 2 rings (SSSR count). The maximum Gasteiger partial charge on any atom is 0.167 e. The number of benzene rings is 1. The molecule has 1 N–H and O–H groups in total. The van der Waals surface area contributed by atoms with Gasteiger partial charge in [0.1, 0.15) is 0 Å². The summed E-state index contributed by atoms with van der Waals surface area (Å²) in [5.74, 6) is 3.17. The first-order valence-electron chi connectivity index (χ1n) is 4.01. The second-order valence-corrected chi connectivity index (χ2v) is 4.10. The standard InChI is InChI=1S/C10H7ClN2S/c1-2-5-14-10-12-8-4-3-7(11)6-9(8)13-10/h1,3-4,6H,5H2,(H,12,13). The van der Waals surface area contributed by atoms with Crippen LogP contribution in [0.15, 0.2) is 23.4 Å². The molecule has 0 aliphatic carbocycles. The first-order chi connectivity index (χ1) is 6.79. The summed E-state index contributed by atoms with van der Waals surface area (Å²) in [6.45, 7) is 0. The molecule has 14 heavy (non-hydrogen) atoms. The Kier molecular flexibility index (Phi) is 2.67. The summed E-state index contributed by atoms with van der Waals surface area (Å²) in [6.07, 6.45) is 5.16. The number of aromatic nitrogens is 2. The van der Waals surface area contributed by atoms with E-state index < -0.39 is 0 Å². The Balaban J connectivity index is 2.37. The van der Waals surface area contributed by atoms with Gasteiger partial charge in [-0.15, -0.1) is 6.42 Å². The smallest absolute Gasteiger partial charge is 0.167 e. The number of thioether (sulfide) groups is 1. The zero-order valence-electron chi connectivity index (χ0n) is 7.25. The number of hydrogen-bond donors (Lipinski definition) is 1. The number of nitrogens with zero attached hydrogens (tertiary/aromatic N) is 1. The van der Waals surface area contributed by atoms with Crippen LogP contribution in [0.25, 0.3) is 11.0 Å². The first-order valence-corrected chi connectivity index (χ1v) is 5.37. The van der Waals surface area contributed by atoms with Crippen LogP contribution in [0.3, 0.4) is 0 Å². The Morgan fingerprint density at radius 2 is 2.43 bits per heavy atom. The fourth-order valence-electron chi connectivity index (χ4n) is 1.14. The van der Waals surface area contributed by atoms with Crippen molar-refractivity contribution in [2.24, 2.45) is 0 Å². The van der Waals surface area contributed by atoms with Gasteiger partial charge in [0.05, 0.1) is 16.8 Å². The molecular weight excluding hydrogens is 216 g/mol. The third kappa shape index (κ3) is 1.87. The minimum absolute atomic E-state index is 0.619. The number of hydrogen-bond acceptors (Lipinski definition) is 2. The molecule has 4 heteroatoms. The molecule has 0 radical (unpaired) electrons. The molecule has 0 saturated heterocycles. The minimum Gasteiger partial charge on any atom is -0.333 e. The van der Waals surface area contributed by atoms with Crippen LogP contribution >= 0.6 is 23.4 Å². The zero-order chi connectivity index (χ0) is 9.97. The third-order valence-corrected chi connectivity index (χ3v) is 2.73. The van der Waals surface area contributed by atoms with E-state index in [-0.39, 0.29) is 0 Å². The van der Waals surface area contributed by atoms with Gasteiger partial charge in [-0.1, -0.05) is 29.3 Å². The van der Waals surface area contributed by atoms with Gasteiger partial charge >= 0.3 is 0 Å². The van der Waals surface area contributed by atoms with Crippen molar-refractivity contribution in [3.8, 4) is 12.3 Å². The highest BCUT2D eigenvalue weighted by Gasteiger charge is 2.02. The molecule has 1 aromatic heterocycles. The van der Waals surface area contributed by atoms with Crippen molar-refractivity contribution >= 4 is 34.4 Å². The maximum absolute atomic E-state index is 5.85. The number of H-pyrrole nitrogens is 1. The molecule has 2 nitrogen and oxygen atoms in total. The molecule has 0 unspecified atom stereocenters. The van der Waals surface area contributed by atoms with Gasteiger partial charge < -0.3 is 4.98 Å². The van der Waals surface area contributed by atoms with Crippen molar-refractivity contribution < 1.29 is 0 Å². The number of rotatable bonds is 2. The Morgan fingerprint density at radius 1 is 1.57 bits per heavy atom. The predicted molar refractivity (Wildman–Crippen MR) is 60.7 cm³/mol. The minimum atomic E-state index is 0.619. The average molecular weight is 223 g/mol. The van der Waals surface area contributed by atoms with Crippen molar-refractivity contribution in [1.82, 2.24) is 9.97 Å². The van der Waals surface area contributed by atoms with Gasteiger partial charge in [0, 0.05) is 5.02 Å². The first kappa shape index (κ1) is 9.45. The summed E-state index contributed by atoms with van der Waals surface area (Å²) in [5.41, 5.74) is 1.85. The van der Waals surface area contributed by atoms with Gasteiger partial charge in [-0.25, -0.2) is 4.98 Å². The van der Waals surface area contributed by atoms with E-state index in [1.54, 1.807) is 0 Å². The van der Waals surface area contributed by atoms with Gasteiger partial charge in [-0.3, -0.25) is 0 Å². The number of aromatic amines is 1. The summed E-state index contributed by atoms with van der Waals surface area (Å²) < 4.78 is 0. The van der Waals surface area contributed by atoms with Crippen molar-refractivity contribution in [3.05, 3.63) is 23.2 Å². The van der Waals surface area contributed by atoms with E-state index in [0.717, 1.165) is 16.2 Å². The van der Waals surface area contributed by atoms with Crippen LogP contribution in [0.4, 0.5) is 0 Å². The van der Waals surface area contributed by atoms with E-state index in [2.05, 4.69) is 15.9 Å². The van der Waals surface area contributed by atoms with Crippen molar-refractivity contribution in [3.63, 3.8) is 0 Å². The SMILES string of the molecule is C#CCSc1nc2ccc(Cl)cc2[nH]1. The lowest BCUT2D eigenvalue weighted by Crippen LogP contribution is -1.75. The molecule has 0 spiro atoms. The number of fused-ring (bicyclic) bond motifs is 1. The van der Waals surface area contributed by atoms with Crippen LogP contribution in [0.5, 0.6) is 0 Å². The van der Waals surface area contributed by atoms with Crippen molar-refractivity contribution in [1.29, 1.82) is 0 Å². The molecule has 0 saturated carbocycles. The summed E-state index contributed by atoms with van der Waals surface area (Å²) in [7, 11) is 0. The number of terminal acetylenes is 1. The lowest BCUT2D eigenvalue weighted by Gasteiger charge is -1.87. The molecule has 70 valence electrons. The maximum atomic E-state index is 5.85. The molecular formula is C10H7ClN2S. The number of halogens is 1. The average Bonchev–Trinajstić information content (AvgIpc) is 2.56. The van der Waals surface area contributed by atoms with Crippen LogP contribution in [0, 0.1) is 12.3 Å². The number of nitrogens with one attached hydrogen (secondary N) is 1. The van der Waals surface area contributed by atoms with Crippen molar-refractivity contribution in [2.75, 3.05) is 5.75 Å². The highest BCUT2D eigenvalue weighted by molar-refractivity contribution is 7.99. The molecule has 1 heterocycles. The zero-order valence-corrected chi connectivity index (χ0v) is 8.82. The molecule has 2 aromatic rings. The van der Waals surface area contributed by atoms with Gasteiger partial charge in [0.25, 0.3) is 0 Å². The van der Waals surface area contributed by atoms with Crippen LogP contribution in [0.1, 0.15) is 0 Å². The molecule has 0 bridgehead atoms. The highest BCUT2D eigenvalue weighted by atomic mass is 35.5. The van der Waals surface area contributed by atoms with Crippen LogP contribution in [-0.4, -0.2) is 15.7 Å². The molecule has 0 aliphatic heterocycles. The quantitative estimate of drug-likeness (QED) is 0.625. The Morgan fingerprint density at radius 3 is 3.21 bits per heavy atom. The van der Waals surface area contributed by atoms with E-state index >= 15 is 0 Å². The lowest BCUT2D eigenvalue weighted by atomic mass is 10.3. The normalized spacial score (nSPS) is 10.3. The second-order valence-electron chi connectivity index (χ2n) is 2.70. The van der Waals surface area contributed by atoms with Gasteiger partial charge in [-0.05, 0) is 18.2 Å². The molecule has 0 amide bonds. The Bertz CT molecular complexity index is 498.